The van der Waals surface area contributed by atoms with E-state index in [0.29, 0.717) is 19.5 Å². The van der Waals surface area contributed by atoms with Crippen LogP contribution in [0.5, 0.6) is 0 Å². The maximum absolute atomic E-state index is 12.9. The van der Waals surface area contributed by atoms with Crippen molar-refractivity contribution in [1.29, 1.82) is 0 Å². The highest BCUT2D eigenvalue weighted by atomic mass is 19.1. The quantitative estimate of drug-likeness (QED) is 0.848. The van der Waals surface area contributed by atoms with Crippen molar-refractivity contribution < 1.29 is 9.18 Å². The van der Waals surface area contributed by atoms with Crippen LogP contribution in [0.2, 0.25) is 0 Å². The van der Waals surface area contributed by atoms with Crippen LogP contribution in [0.15, 0.2) is 54.6 Å². The smallest absolute Gasteiger partial charge is 0.221 e. The fourth-order valence-electron chi connectivity index (χ4n) is 2.41. The molecule has 0 saturated heterocycles. The van der Waals surface area contributed by atoms with Gasteiger partial charge in [0.05, 0.1) is 6.04 Å². The Labute approximate surface area is 137 Å². The summed E-state index contributed by atoms with van der Waals surface area (Å²) in [4.78, 5) is 14.1. The van der Waals surface area contributed by atoms with Gasteiger partial charge in [0.25, 0.3) is 0 Å². The van der Waals surface area contributed by atoms with E-state index in [9.17, 15) is 9.18 Å². The number of carbonyl (C=O) groups is 1. The Hall–Kier alpha value is -2.20. The van der Waals surface area contributed by atoms with Crippen LogP contribution in [-0.2, 0) is 11.3 Å². The molecule has 1 amide bonds. The molecule has 122 valence electrons. The Balaban J connectivity index is 1.74. The molecule has 0 radical (unpaired) electrons. The molecule has 1 N–H and O–H groups in total. The molecular weight excluding hydrogens is 291 g/mol. The van der Waals surface area contributed by atoms with E-state index >= 15 is 0 Å². The van der Waals surface area contributed by atoms with Crippen molar-refractivity contribution in [3.8, 4) is 0 Å². The molecule has 0 aromatic heterocycles. The maximum atomic E-state index is 12.9. The molecule has 0 saturated carbocycles. The lowest BCUT2D eigenvalue weighted by Gasteiger charge is -2.18. The minimum absolute atomic E-state index is 0.00565. The third kappa shape index (κ3) is 5.83. The van der Waals surface area contributed by atoms with E-state index in [-0.39, 0.29) is 17.8 Å². The first kappa shape index (κ1) is 17.2. The molecule has 2 aromatic carbocycles. The van der Waals surface area contributed by atoms with E-state index in [1.807, 2.05) is 44.3 Å². The van der Waals surface area contributed by atoms with Crippen molar-refractivity contribution in [2.75, 3.05) is 13.6 Å². The lowest BCUT2D eigenvalue weighted by Crippen LogP contribution is -2.30. The minimum Gasteiger partial charge on any atom is -0.350 e. The van der Waals surface area contributed by atoms with Gasteiger partial charge in [-0.2, -0.15) is 0 Å². The van der Waals surface area contributed by atoms with Gasteiger partial charge >= 0.3 is 0 Å². The summed E-state index contributed by atoms with van der Waals surface area (Å²) in [7, 11) is 1.96. The number of nitrogens with zero attached hydrogens (tertiary/aromatic N) is 1. The lowest BCUT2D eigenvalue weighted by molar-refractivity contribution is -0.122. The summed E-state index contributed by atoms with van der Waals surface area (Å²) in [6.07, 6.45) is 0.439. The van der Waals surface area contributed by atoms with E-state index < -0.39 is 0 Å². The predicted octanol–water partition coefficient (Wildman–Crippen LogP) is 3.53. The summed E-state index contributed by atoms with van der Waals surface area (Å²) in [5, 5.41) is 3.01. The van der Waals surface area contributed by atoms with Gasteiger partial charge in [-0.15, -0.1) is 0 Å². The number of benzene rings is 2. The second kappa shape index (κ2) is 8.44. The zero-order chi connectivity index (χ0) is 16.7. The SMILES string of the molecule is CC(NC(=O)CCN(C)Cc1ccc(F)cc1)c1ccccc1. The van der Waals surface area contributed by atoms with Gasteiger partial charge in [-0.25, -0.2) is 4.39 Å². The standard InChI is InChI=1S/C19H23FN2O/c1-15(17-6-4-3-5-7-17)21-19(23)12-13-22(2)14-16-8-10-18(20)11-9-16/h3-11,15H,12-14H2,1-2H3,(H,21,23). The second-order valence-corrected chi connectivity index (χ2v) is 5.81. The molecule has 2 aromatic rings. The molecule has 0 spiro atoms. The Kier molecular flexibility index (Phi) is 6.29. The van der Waals surface area contributed by atoms with Gasteiger partial charge in [-0.05, 0) is 37.2 Å². The van der Waals surface area contributed by atoms with Crippen molar-refractivity contribution in [2.24, 2.45) is 0 Å². The first-order valence-electron chi connectivity index (χ1n) is 7.82. The zero-order valence-corrected chi connectivity index (χ0v) is 13.6. The van der Waals surface area contributed by atoms with Crippen LogP contribution in [0.3, 0.4) is 0 Å². The van der Waals surface area contributed by atoms with E-state index in [2.05, 4.69) is 10.2 Å². The Morgan fingerprint density at radius 2 is 1.78 bits per heavy atom. The summed E-state index contributed by atoms with van der Waals surface area (Å²) >= 11 is 0. The first-order chi connectivity index (χ1) is 11.0. The van der Waals surface area contributed by atoms with Crippen LogP contribution in [0.25, 0.3) is 0 Å². The fourth-order valence-corrected chi connectivity index (χ4v) is 2.41. The Morgan fingerprint density at radius 3 is 2.43 bits per heavy atom. The maximum Gasteiger partial charge on any atom is 0.221 e. The number of hydrogen-bond donors (Lipinski definition) is 1. The number of rotatable bonds is 7. The molecular formula is C19H23FN2O. The minimum atomic E-state index is -0.231. The number of hydrogen-bond acceptors (Lipinski definition) is 2. The monoisotopic (exact) mass is 314 g/mol. The van der Waals surface area contributed by atoms with Crippen LogP contribution < -0.4 is 5.32 Å². The van der Waals surface area contributed by atoms with Crippen molar-refractivity contribution in [3.05, 3.63) is 71.5 Å². The highest BCUT2D eigenvalue weighted by Gasteiger charge is 2.10. The van der Waals surface area contributed by atoms with E-state index in [0.717, 1.165) is 11.1 Å². The van der Waals surface area contributed by atoms with Crippen molar-refractivity contribution >= 4 is 5.91 Å². The summed E-state index contributed by atoms with van der Waals surface area (Å²) in [5.74, 6) is -0.196. The van der Waals surface area contributed by atoms with Crippen molar-refractivity contribution in [1.82, 2.24) is 10.2 Å². The fraction of sp³-hybridized carbons (Fsp3) is 0.316. The lowest BCUT2D eigenvalue weighted by atomic mass is 10.1. The van der Waals surface area contributed by atoms with Gasteiger partial charge in [0.1, 0.15) is 5.82 Å². The predicted molar refractivity (Wildman–Crippen MR) is 90.4 cm³/mol. The summed E-state index contributed by atoms with van der Waals surface area (Å²) < 4.78 is 12.9. The zero-order valence-electron chi connectivity index (χ0n) is 13.6. The third-order valence-electron chi connectivity index (χ3n) is 3.76. The van der Waals surface area contributed by atoms with Crippen LogP contribution in [-0.4, -0.2) is 24.4 Å². The van der Waals surface area contributed by atoms with Crippen LogP contribution >= 0.6 is 0 Å². The topological polar surface area (TPSA) is 32.3 Å². The first-order valence-corrected chi connectivity index (χ1v) is 7.82. The number of halogens is 1. The van der Waals surface area contributed by atoms with Crippen LogP contribution in [0.4, 0.5) is 4.39 Å². The Bertz CT molecular complexity index is 613. The normalized spacial score (nSPS) is 12.2. The molecule has 0 aliphatic rings. The molecule has 0 aliphatic carbocycles. The summed E-state index contributed by atoms with van der Waals surface area (Å²) in [5.41, 5.74) is 2.13. The van der Waals surface area contributed by atoms with Gasteiger partial charge < -0.3 is 10.2 Å². The van der Waals surface area contributed by atoms with Crippen LogP contribution in [0, 0.1) is 5.82 Å². The molecule has 0 fully saturated rings. The molecule has 1 atom stereocenters. The molecule has 1 unspecified atom stereocenters. The van der Waals surface area contributed by atoms with Gasteiger partial charge in [-0.3, -0.25) is 4.79 Å². The highest BCUT2D eigenvalue weighted by molar-refractivity contribution is 5.76. The van der Waals surface area contributed by atoms with Gasteiger partial charge in [0.15, 0.2) is 0 Å². The number of amides is 1. The van der Waals surface area contributed by atoms with Crippen molar-refractivity contribution in [3.63, 3.8) is 0 Å². The van der Waals surface area contributed by atoms with Gasteiger partial charge in [0.2, 0.25) is 5.91 Å². The molecule has 4 heteroatoms. The molecule has 0 heterocycles. The average Bonchev–Trinajstić information content (AvgIpc) is 2.56. The Morgan fingerprint density at radius 1 is 1.13 bits per heavy atom. The van der Waals surface area contributed by atoms with E-state index in [1.54, 1.807) is 12.1 Å². The highest BCUT2D eigenvalue weighted by Crippen LogP contribution is 2.11. The molecule has 0 bridgehead atoms. The van der Waals surface area contributed by atoms with Gasteiger partial charge in [0, 0.05) is 19.5 Å². The van der Waals surface area contributed by atoms with Crippen molar-refractivity contribution in [2.45, 2.75) is 25.9 Å². The third-order valence-corrected chi connectivity index (χ3v) is 3.76. The number of nitrogens with one attached hydrogen (secondary N) is 1. The van der Waals surface area contributed by atoms with E-state index in [1.165, 1.54) is 12.1 Å². The van der Waals surface area contributed by atoms with Crippen LogP contribution in [0.1, 0.15) is 30.5 Å². The summed E-state index contributed by atoms with van der Waals surface area (Å²) in [6, 6.07) is 16.4. The molecule has 23 heavy (non-hydrogen) atoms. The average molecular weight is 314 g/mol. The second-order valence-electron chi connectivity index (χ2n) is 5.81. The molecule has 0 aliphatic heterocycles. The molecule has 2 rings (SSSR count). The molecule has 3 nitrogen and oxygen atoms in total. The van der Waals surface area contributed by atoms with E-state index in [4.69, 9.17) is 0 Å². The largest absolute Gasteiger partial charge is 0.350 e. The van der Waals surface area contributed by atoms with Gasteiger partial charge in [-0.1, -0.05) is 42.5 Å². The summed E-state index contributed by atoms with van der Waals surface area (Å²) in [6.45, 7) is 3.34. The number of carbonyl (C=O) groups excluding carboxylic acids is 1.